The summed E-state index contributed by atoms with van der Waals surface area (Å²) in [5, 5.41) is 4.28. The van der Waals surface area contributed by atoms with E-state index in [-0.39, 0.29) is 17.2 Å². The Hall–Kier alpha value is -0.930. The summed E-state index contributed by atoms with van der Waals surface area (Å²) in [7, 11) is 0. The van der Waals surface area contributed by atoms with E-state index in [1.165, 1.54) is 0 Å². The Balaban J connectivity index is 2.20. The van der Waals surface area contributed by atoms with E-state index < -0.39 is 0 Å². The monoisotopic (exact) mass is 311 g/mol. The van der Waals surface area contributed by atoms with Crippen molar-refractivity contribution in [3.05, 3.63) is 23.2 Å². The molecular formula is C17H26ClNO2. The molecule has 1 aromatic carbocycles. The summed E-state index contributed by atoms with van der Waals surface area (Å²) in [5.41, 5.74) is 0.591. The van der Waals surface area contributed by atoms with Gasteiger partial charge in [0.2, 0.25) is 0 Å². The Morgan fingerprint density at radius 3 is 2.62 bits per heavy atom. The predicted octanol–water partition coefficient (Wildman–Crippen LogP) is 4.89. The topological polar surface area (TPSA) is 30.5 Å². The van der Waals surface area contributed by atoms with Crippen LogP contribution < -0.4 is 10.1 Å². The average Bonchev–Trinajstić information content (AvgIpc) is 2.56. The smallest absolute Gasteiger partial charge is 0.142 e. The van der Waals surface area contributed by atoms with Gasteiger partial charge in [0, 0.05) is 5.02 Å². The van der Waals surface area contributed by atoms with Gasteiger partial charge in [0.25, 0.3) is 0 Å². The molecule has 1 N–H and O–H groups in total. The Kier molecular flexibility index (Phi) is 4.74. The van der Waals surface area contributed by atoms with Crippen molar-refractivity contribution < 1.29 is 9.47 Å². The van der Waals surface area contributed by atoms with Crippen molar-refractivity contribution in [2.45, 2.75) is 64.7 Å². The van der Waals surface area contributed by atoms with Gasteiger partial charge in [-0.3, -0.25) is 0 Å². The van der Waals surface area contributed by atoms with Crippen LogP contribution in [-0.2, 0) is 4.74 Å². The molecule has 0 aliphatic carbocycles. The number of nitrogens with one attached hydrogen (secondary N) is 1. The molecule has 1 aliphatic rings. The molecule has 1 saturated heterocycles. The maximum atomic E-state index is 6.14. The maximum absolute atomic E-state index is 6.14. The number of halogens is 1. The third-order valence-electron chi connectivity index (χ3n) is 3.81. The van der Waals surface area contributed by atoms with E-state index in [0.29, 0.717) is 11.6 Å². The van der Waals surface area contributed by atoms with Crippen LogP contribution in [0.4, 0.5) is 5.69 Å². The molecule has 0 amide bonds. The molecule has 4 heteroatoms. The number of rotatable bonds is 5. The molecule has 21 heavy (non-hydrogen) atoms. The van der Waals surface area contributed by atoms with E-state index in [9.17, 15) is 0 Å². The molecule has 1 unspecified atom stereocenters. The van der Waals surface area contributed by atoms with Gasteiger partial charge in [-0.1, -0.05) is 18.5 Å². The van der Waals surface area contributed by atoms with Gasteiger partial charge in [0.05, 0.1) is 29.5 Å². The molecule has 1 atom stereocenters. The highest BCUT2D eigenvalue weighted by molar-refractivity contribution is 6.30. The van der Waals surface area contributed by atoms with Crippen molar-refractivity contribution >= 4 is 17.3 Å². The van der Waals surface area contributed by atoms with Gasteiger partial charge in [0.15, 0.2) is 0 Å². The van der Waals surface area contributed by atoms with Crippen LogP contribution >= 0.6 is 11.6 Å². The van der Waals surface area contributed by atoms with Crippen LogP contribution in [0.1, 0.15) is 47.5 Å². The van der Waals surface area contributed by atoms with Crippen molar-refractivity contribution in [2.24, 2.45) is 0 Å². The van der Waals surface area contributed by atoms with Gasteiger partial charge in [-0.2, -0.15) is 0 Å². The van der Waals surface area contributed by atoms with Crippen molar-refractivity contribution in [2.75, 3.05) is 11.9 Å². The third-order valence-corrected chi connectivity index (χ3v) is 4.04. The maximum Gasteiger partial charge on any atom is 0.142 e. The number of anilines is 1. The van der Waals surface area contributed by atoms with E-state index >= 15 is 0 Å². The normalized spacial score (nSPS) is 23.0. The highest BCUT2D eigenvalue weighted by Gasteiger charge is 2.46. The summed E-state index contributed by atoms with van der Waals surface area (Å²) in [4.78, 5) is 0. The zero-order valence-corrected chi connectivity index (χ0v) is 14.4. The Morgan fingerprint density at radius 2 is 2.05 bits per heavy atom. The van der Waals surface area contributed by atoms with Gasteiger partial charge < -0.3 is 14.8 Å². The fourth-order valence-corrected chi connectivity index (χ4v) is 3.10. The first kappa shape index (κ1) is 16.4. The minimum absolute atomic E-state index is 0.121. The van der Waals surface area contributed by atoms with Crippen molar-refractivity contribution in [3.63, 3.8) is 0 Å². The minimum Gasteiger partial charge on any atom is -0.491 e. The SMILES string of the molecule is CCCOc1ccc(Cl)cc1NC1CC(C)(C)OC1(C)C. The van der Waals surface area contributed by atoms with Crippen LogP contribution in [0.3, 0.4) is 0 Å². The van der Waals surface area contributed by atoms with Crippen LogP contribution in [0.5, 0.6) is 5.75 Å². The highest BCUT2D eigenvalue weighted by Crippen LogP contribution is 2.40. The largest absolute Gasteiger partial charge is 0.491 e. The zero-order chi connectivity index (χ0) is 15.7. The molecule has 2 rings (SSSR count). The molecule has 1 aromatic rings. The lowest BCUT2D eigenvalue weighted by Crippen LogP contribution is -2.38. The molecule has 1 heterocycles. The molecule has 0 spiro atoms. The van der Waals surface area contributed by atoms with E-state index in [2.05, 4.69) is 39.9 Å². The van der Waals surface area contributed by atoms with Gasteiger partial charge >= 0.3 is 0 Å². The lowest BCUT2D eigenvalue weighted by atomic mass is 9.94. The number of hydrogen-bond acceptors (Lipinski definition) is 3. The summed E-state index contributed by atoms with van der Waals surface area (Å²) >= 11 is 6.14. The standard InChI is InChI=1S/C17H26ClNO2/c1-6-9-20-14-8-7-12(18)10-13(14)19-15-11-16(2,3)21-17(15,4)5/h7-8,10,15,19H,6,9,11H2,1-5H3. The number of hydrogen-bond donors (Lipinski definition) is 1. The van der Waals surface area contributed by atoms with Gasteiger partial charge in [-0.15, -0.1) is 0 Å². The molecule has 0 bridgehead atoms. The van der Waals surface area contributed by atoms with E-state index in [4.69, 9.17) is 21.1 Å². The first-order chi connectivity index (χ1) is 9.73. The average molecular weight is 312 g/mol. The van der Waals surface area contributed by atoms with Crippen LogP contribution in [0, 0.1) is 0 Å². The van der Waals surface area contributed by atoms with Crippen molar-refractivity contribution in [3.8, 4) is 5.75 Å². The predicted molar refractivity (Wildman–Crippen MR) is 88.5 cm³/mol. The molecule has 0 saturated carbocycles. The number of benzene rings is 1. The molecule has 1 fully saturated rings. The summed E-state index contributed by atoms with van der Waals surface area (Å²) in [6.07, 6.45) is 1.92. The molecule has 118 valence electrons. The summed E-state index contributed by atoms with van der Waals surface area (Å²) in [6, 6.07) is 5.93. The van der Waals surface area contributed by atoms with Crippen LogP contribution in [0.15, 0.2) is 18.2 Å². The van der Waals surface area contributed by atoms with Gasteiger partial charge in [-0.25, -0.2) is 0 Å². The molecule has 0 radical (unpaired) electrons. The first-order valence-corrected chi connectivity index (χ1v) is 8.00. The summed E-state index contributed by atoms with van der Waals surface area (Å²) in [6.45, 7) is 11.3. The lowest BCUT2D eigenvalue weighted by molar-refractivity contribution is -0.0662. The van der Waals surface area contributed by atoms with E-state index in [0.717, 1.165) is 24.3 Å². The molecular weight excluding hydrogens is 286 g/mol. The Morgan fingerprint density at radius 1 is 1.33 bits per heavy atom. The van der Waals surface area contributed by atoms with Crippen LogP contribution in [0.2, 0.25) is 5.02 Å². The lowest BCUT2D eigenvalue weighted by Gasteiger charge is -2.29. The minimum atomic E-state index is -0.228. The molecule has 3 nitrogen and oxygen atoms in total. The quantitative estimate of drug-likeness (QED) is 0.840. The summed E-state index contributed by atoms with van der Waals surface area (Å²) < 4.78 is 11.9. The fourth-order valence-electron chi connectivity index (χ4n) is 2.93. The fraction of sp³-hybridized carbons (Fsp3) is 0.647. The number of ether oxygens (including phenoxy) is 2. The van der Waals surface area contributed by atoms with Gasteiger partial charge in [0.1, 0.15) is 5.75 Å². The third kappa shape index (κ3) is 4.04. The van der Waals surface area contributed by atoms with Crippen molar-refractivity contribution in [1.82, 2.24) is 0 Å². The van der Waals surface area contributed by atoms with E-state index in [1.807, 2.05) is 18.2 Å². The zero-order valence-electron chi connectivity index (χ0n) is 13.6. The van der Waals surface area contributed by atoms with Gasteiger partial charge in [-0.05, 0) is 58.7 Å². The molecule has 1 aliphatic heterocycles. The highest BCUT2D eigenvalue weighted by atomic mass is 35.5. The first-order valence-electron chi connectivity index (χ1n) is 7.62. The van der Waals surface area contributed by atoms with E-state index in [1.54, 1.807) is 0 Å². The van der Waals surface area contributed by atoms with Crippen molar-refractivity contribution in [1.29, 1.82) is 0 Å². The second kappa shape index (κ2) is 6.05. The Labute approximate surface area is 133 Å². The van der Waals surface area contributed by atoms with Crippen LogP contribution in [-0.4, -0.2) is 23.9 Å². The second-order valence-corrected chi connectivity index (χ2v) is 7.29. The molecule has 0 aromatic heterocycles. The summed E-state index contributed by atoms with van der Waals surface area (Å²) in [5.74, 6) is 0.849. The van der Waals surface area contributed by atoms with Crippen LogP contribution in [0.25, 0.3) is 0 Å². The second-order valence-electron chi connectivity index (χ2n) is 6.86. The Bertz CT molecular complexity index is 500.